The largest absolute Gasteiger partial charge is 0.493 e. The van der Waals surface area contributed by atoms with Gasteiger partial charge in [-0.15, -0.1) is 0 Å². The van der Waals surface area contributed by atoms with E-state index in [1.807, 2.05) is 0 Å². The van der Waals surface area contributed by atoms with Crippen LogP contribution in [0, 0.1) is 5.82 Å². The standard InChI is InChI=1S/C16H13FO4/c1-20-13-7-2-3-8-14(13)21-16-11(9-10-15(18)19)5-4-6-12(16)17/h2-10H,1H3,(H,18,19)/b10-9+. The number of rotatable bonds is 5. The van der Waals surface area contributed by atoms with Gasteiger partial charge in [0.1, 0.15) is 0 Å². The van der Waals surface area contributed by atoms with E-state index >= 15 is 0 Å². The van der Waals surface area contributed by atoms with Gasteiger partial charge in [-0.1, -0.05) is 24.3 Å². The highest BCUT2D eigenvalue weighted by Gasteiger charge is 2.12. The van der Waals surface area contributed by atoms with Crippen molar-refractivity contribution in [3.05, 3.63) is 59.9 Å². The third-order valence-electron chi connectivity index (χ3n) is 2.68. The lowest BCUT2D eigenvalue weighted by atomic mass is 10.1. The summed E-state index contributed by atoms with van der Waals surface area (Å²) in [5.74, 6) is -0.973. The van der Waals surface area contributed by atoms with Crippen molar-refractivity contribution >= 4 is 12.0 Å². The zero-order valence-electron chi connectivity index (χ0n) is 11.2. The molecule has 0 aliphatic rings. The molecule has 2 aromatic carbocycles. The molecule has 5 heteroatoms. The Hall–Kier alpha value is -2.82. The van der Waals surface area contributed by atoms with Crippen LogP contribution < -0.4 is 9.47 Å². The summed E-state index contributed by atoms with van der Waals surface area (Å²) in [5.41, 5.74) is 0.323. The van der Waals surface area contributed by atoms with Gasteiger partial charge in [0.15, 0.2) is 23.1 Å². The zero-order chi connectivity index (χ0) is 15.2. The number of para-hydroxylation sites is 3. The van der Waals surface area contributed by atoms with E-state index in [1.54, 1.807) is 30.3 Å². The maximum Gasteiger partial charge on any atom is 0.328 e. The van der Waals surface area contributed by atoms with Gasteiger partial charge in [-0.05, 0) is 24.3 Å². The summed E-state index contributed by atoms with van der Waals surface area (Å²) in [6.07, 6.45) is 2.19. The van der Waals surface area contributed by atoms with E-state index in [9.17, 15) is 9.18 Å². The van der Waals surface area contributed by atoms with Crippen LogP contribution in [-0.2, 0) is 4.79 Å². The van der Waals surface area contributed by atoms with Gasteiger partial charge < -0.3 is 14.6 Å². The van der Waals surface area contributed by atoms with E-state index in [0.717, 1.165) is 6.08 Å². The second-order valence-electron chi connectivity index (χ2n) is 4.08. The first-order chi connectivity index (χ1) is 10.1. The zero-order valence-corrected chi connectivity index (χ0v) is 11.2. The molecule has 0 atom stereocenters. The summed E-state index contributed by atoms with van der Waals surface area (Å²) in [6.45, 7) is 0. The normalized spacial score (nSPS) is 10.6. The summed E-state index contributed by atoms with van der Waals surface area (Å²) in [6, 6.07) is 11.1. The third kappa shape index (κ3) is 3.60. The van der Waals surface area contributed by atoms with Gasteiger partial charge in [-0.2, -0.15) is 0 Å². The molecule has 0 aliphatic heterocycles. The Balaban J connectivity index is 2.41. The first kappa shape index (κ1) is 14.6. The number of benzene rings is 2. The van der Waals surface area contributed by atoms with Crippen molar-refractivity contribution in [3.63, 3.8) is 0 Å². The highest BCUT2D eigenvalue weighted by Crippen LogP contribution is 2.34. The molecular formula is C16H13FO4. The highest BCUT2D eigenvalue weighted by atomic mass is 19.1. The average Bonchev–Trinajstić information content (AvgIpc) is 2.48. The number of halogens is 1. The maximum atomic E-state index is 13.9. The number of carboxylic acids is 1. The number of carboxylic acid groups (broad SMARTS) is 1. The van der Waals surface area contributed by atoms with Crippen molar-refractivity contribution in [2.75, 3.05) is 7.11 Å². The summed E-state index contributed by atoms with van der Waals surface area (Å²) >= 11 is 0. The lowest BCUT2D eigenvalue weighted by Crippen LogP contribution is -1.95. The molecule has 2 rings (SSSR count). The van der Waals surface area contributed by atoms with Gasteiger partial charge in [0.25, 0.3) is 0 Å². The van der Waals surface area contributed by atoms with E-state index < -0.39 is 11.8 Å². The fraction of sp³-hybridized carbons (Fsp3) is 0.0625. The van der Waals surface area contributed by atoms with Gasteiger partial charge in [0, 0.05) is 11.6 Å². The van der Waals surface area contributed by atoms with E-state index in [0.29, 0.717) is 17.1 Å². The van der Waals surface area contributed by atoms with Crippen LogP contribution in [0.3, 0.4) is 0 Å². The van der Waals surface area contributed by atoms with E-state index in [4.69, 9.17) is 14.6 Å². The second kappa shape index (κ2) is 6.56. The van der Waals surface area contributed by atoms with Crippen LogP contribution in [0.25, 0.3) is 6.08 Å². The molecule has 0 spiro atoms. The number of aliphatic carboxylic acids is 1. The van der Waals surface area contributed by atoms with Crippen molar-refractivity contribution in [1.29, 1.82) is 0 Å². The Bertz CT molecular complexity index is 680. The number of methoxy groups -OCH3 is 1. The minimum atomic E-state index is -1.12. The summed E-state index contributed by atoms with van der Waals surface area (Å²) in [4.78, 5) is 10.6. The quantitative estimate of drug-likeness (QED) is 0.852. The van der Waals surface area contributed by atoms with Gasteiger partial charge in [0.05, 0.1) is 7.11 Å². The van der Waals surface area contributed by atoms with Gasteiger partial charge in [0.2, 0.25) is 0 Å². The Morgan fingerprint density at radius 2 is 1.86 bits per heavy atom. The molecule has 1 N–H and O–H groups in total. The van der Waals surface area contributed by atoms with Crippen LogP contribution in [0.2, 0.25) is 0 Å². The van der Waals surface area contributed by atoms with E-state index in [-0.39, 0.29) is 5.75 Å². The minimum Gasteiger partial charge on any atom is -0.493 e. The fourth-order valence-electron chi connectivity index (χ4n) is 1.74. The molecule has 0 saturated carbocycles. The Labute approximate surface area is 121 Å². The minimum absolute atomic E-state index is 0.0560. The van der Waals surface area contributed by atoms with Crippen molar-refractivity contribution in [1.82, 2.24) is 0 Å². The molecule has 108 valence electrons. The SMILES string of the molecule is COc1ccccc1Oc1c(F)cccc1/C=C/C(=O)O. The average molecular weight is 288 g/mol. The molecule has 0 amide bonds. The molecule has 0 aliphatic carbocycles. The number of carbonyl (C=O) groups is 1. The van der Waals surface area contributed by atoms with Gasteiger partial charge >= 0.3 is 5.97 Å². The van der Waals surface area contributed by atoms with Crippen LogP contribution in [0.4, 0.5) is 4.39 Å². The third-order valence-corrected chi connectivity index (χ3v) is 2.68. The lowest BCUT2D eigenvalue weighted by molar-refractivity contribution is -0.131. The highest BCUT2D eigenvalue weighted by molar-refractivity contribution is 5.86. The summed E-state index contributed by atoms with van der Waals surface area (Å²) in [7, 11) is 1.48. The molecule has 0 heterocycles. The number of ether oxygens (including phenoxy) is 2. The van der Waals surface area contributed by atoms with Crippen molar-refractivity contribution in [2.24, 2.45) is 0 Å². The fourth-order valence-corrected chi connectivity index (χ4v) is 1.74. The topological polar surface area (TPSA) is 55.8 Å². The number of hydrogen-bond acceptors (Lipinski definition) is 3. The Kier molecular flexibility index (Phi) is 4.56. The Morgan fingerprint density at radius 3 is 2.52 bits per heavy atom. The first-order valence-corrected chi connectivity index (χ1v) is 6.12. The molecule has 0 radical (unpaired) electrons. The van der Waals surface area contributed by atoms with Gasteiger partial charge in [-0.25, -0.2) is 9.18 Å². The maximum absolute atomic E-state index is 13.9. The van der Waals surface area contributed by atoms with E-state index in [2.05, 4.69) is 0 Å². The summed E-state index contributed by atoms with van der Waals surface area (Å²) < 4.78 is 24.6. The Morgan fingerprint density at radius 1 is 1.14 bits per heavy atom. The predicted octanol–water partition coefficient (Wildman–Crippen LogP) is 3.72. The first-order valence-electron chi connectivity index (χ1n) is 6.12. The van der Waals surface area contributed by atoms with Crippen molar-refractivity contribution in [3.8, 4) is 17.2 Å². The molecule has 0 bridgehead atoms. The van der Waals surface area contributed by atoms with Crippen molar-refractivity contribution in [2.45, 2.75) is 0 Å². The van der Waals surface area contributed by atoms with Gasteiger partial charge in [-0.3, -0.25) is 0 Å². The van der Waals surface area contributed by atoms with Crippen molar-refractivity contribution < 1.29 is 23.8 Å². The summed E-state index contributed by atoms with van der Waals surface area (Å²) in [5, 5.41) is 8.67. The predicted molar refractivity (Wildman–Crippen MR) is 76.1 cm³/mol. The molecule has 2 aromatic rings. The molecule has 0 aromatic heterocycles. The van der Waals surface area contributed by atoms with Crippen LogP contribution >= 0.6 is 0 Å². The molecule has 4 nitrogen and oxygen atoms in total. The molecule has 0 saturated heterocycles. The smallest absolute Gasteiger partial charge is 0.328 e. The second-order valence-corrected chi connectivity index (χ2v) is 4.08. The van der Waals surface area contributed by atoms with Crippen LogP contribution in [0.1, 0.15) is 5.56 Å². The molecule has 0 unspecified atom stereocenters. The van der Waals surface area contributed by atoms with Crippen LogP contribution in [0.5, 0.6) is 17.2 Å². The van der Waals surface area contributed by atoms with E-state index in [1.165, 1.54) is 25.3 Å². The number of hydrogen-bond donors (Lipinski definition) is 1. The lowest BCUT2D eigenvalue weighted by Gasteiger charge is -2.12. The monoisotopic (exact) mass is 288 g/mol. The molecule has 0 fully saturated rings. The molecule has 21 heavy (non-hydrogen) atoms. The van der Waals surface area contributed by atoms with Crippen LogP contribution in [0.15, 0.2) is 48.5 Å². The van der Waals surface area contributed by atoms with Crippen LogP contribution in [-0.4, -0.2) is 18.2 Å². The molecular weight excluding hydrogens is 275 g/mol.